The lowest BCUT2D eigenvalue weighted by Gasteiger charge is -2.17. The second-order valence-electron chi connectivity index (χ2n) is 3.03. The van der Waals surface area contributed by atoms with E-state index < -0.39 is 0 Å². The molecule has 0 aliphatic carbocycles. The minimum Gasteiger partial charge on any atom is -0.497 e. The van der Waals surface area contributed by atoms with Crippen LogP contribution in [0.3, 0.4) is 0 Å². The molecule has 0 aromatic heterocycles. The summed E-state index contributed by atoms with van der Waals surface area (Å²) in [6.07, 6.45) is 0. The zero-order chi connectivity index (χ0) is 9.84. The molecule has 72 valence electrons. The molecule has 0 saturated heterocycles. The van der Waals surface area contributed by atoms with Gasteiger partial charge in [-0.05, 0) is 12.1 Å². The van der Waals surface area contributed by atoms with E-state index in [-0.39, 0.29) is 0 Å². The van der Waals surface area contributed by atoms with Gasteiger partial charge in [-0.3, -0.25) is 0 Å². The van der Waals surface area contributed by atoms with Crippen LogP contribution in [-0.4, -0.2) is 28.3 Å². The Hall–Kier alpha value is -1.38. The molecular weight excluding hydrogens is 164 g/mol. The largest absolute Gasteiger partial charge is 0.497 e. The molecule has 1 N–H and O–H groups in total. The van der Waals surface area contributed by atoms with Crippen LogP contribution >= 0.6 is 0 Å². The Morgan fingerprint density at radius 1 is 1.31 bits per heavy atom. The van der Waals surface area contributed by atoms with Crippen LogP contribution in [0.4, 0.5) is 11.4 Å². The Kier molecular flexibility index (Phi) is 3.01. The van der Waals surface area contributed by atoms with Crippen LogP contribution in [0.15, 0.2) is 18.2 Å². The summed E-state index contributed by atoms with van der Waals surface area (Å²) in [4.78, 5) is 2.05. The van der Waals surface area contributed by atoms with Crippen LogP contribution in [0.5, 0.6) is 5.75 Å². The van der Waals surface area contributed by atoms with Crippen LogP contribution < -0.4 is 15.0 Å². The van der Waals surface area contributed by atoms with Crippen LogP contribution in [-0.2, 0) is 0 Å². The molecule has 1 aromatic carbocycles. The molecule has 0 bridgehead atoms. The van der Waals surface area contributed by atoms with Crippen molar-refractivity contribution in [2.75, 3.05) is 38.5 Å². The monoisotopic (exact) mass is 180 g/mol. The fourth-order valence-corrected chi connectivity index (χ4v) is 1.22. The molecule has 0 amide bonds. The molecule has 0 saturated carbocycles. The Morgan fingerprint density at radius 2 is 2.00 bits per heavy atom. The molecule has 3 heteroatoms. The first-order valence-electron chi connectivity index (χ1n) is 4.22. The van der Waals surface area contributed by atoms with E-state index in [4.69, 9.17) is 4.74 Å². The predicted molar refractivity (Wildman–Crippen MR) is 56.9 cm³/mol. The highest BCUT2D eigenvalue weighted by atomic mass is 16.5. The van der Waals surface area contributed by atoms with Gasteiger partial charge in [0.05, 0.1) is 18.5 Å². The van der Waals surface area contributed by atoms with Crippen molar-refractivity contribution in [1.29, 1.82) is 0 Å². The lowest BCUT2D eigenvalue weighted by atomic mass is 10.2. The zero-order valence-corrected chi connectivity index (χ0v) is 8.59. The summed E-state index contributed by atoms with van der Waals surface area (Å²) in [5, 5.41) is 3.13. The van der Waals surface area contributed by atoms with E-state index in [0.29, 0.717) is 0 Å². The Morgan fingerprint density at radius 3 is 2.46 bits per heavy atom. The molecule has 0 radical (unpaired) electrons. The van der Waals surface area contributed by atoms with Gasteiger partial charge in [0.2, 0.25) is 0 Å². The number of methoxy groups -OCH3 is 1. The van der Waals surface area contributed by atoms with E-state index in [1.165, 1.54) is 0 Å². The van der Waals surface area contributed by atoms with Crippen LogP contribution in [0.25, 0.3) is 0 Å². The number of nitrogens with zero attached hydrogens (tertiary/aromatic N) is 1. The molecule has 3 nitrogen and oxygen atoms in total. The second-order valence-corrected chi connectivity index (χ2v) is 3.03. The van der Waals surface area contributed by atoms with Crippen molar-refractivity contribution in [3.05, 3.63) is 18.2 Å². The van der Waals surface area contributed by atoms with Crippen molar-refractivity contribution >= 4 is 11.4 Å². The summed E-state index contributed by atoms with van der Waals surface area (Å²) in [5.41, 5.74) is 2.23. The number of ether oxygens (including phenoxy) is 1. The van der Waals surface area contributed by atoms with E-state index >= 15 is 0 Å². The first-order valence-corrected chi connectivity index (χ1v) is 4.22. The average molecular weight is 180 g/mol. The van der Waals surface area contributed by atoms with Crippen molar-refractivity contribution in [3.8, 4) is 5.75 Å². The van der Waals surface area contributed by atoms with Gasteiger partial charge in [0.15, 0.2) is 0 Å². The average Bonchev–Trinajstić information content (AvgIpc) is 2.16. The third-order valence-corrected chi connectivity index (χ3v) is 1.96. The number of anilines is 2. The molecule has 13 heavy (non-hydrogen) atoms. The van der Waals surface area contributed by atoms with E-state index in [0.717, 1.165) is 17.1 Å². The first kappa shape index (κ1) is 9.71. The van der Waals surface area contributed by atoms with Crippen molar-refractivity contribution in [2.24, 2.45) is 0 Å². The topological polar surface area (TPSA) is 24.5 Å². The number of benzene rings is 1. The molecule has 0 fully saturated rings. The van der Waals surface area contributed by atoms with Gasteiger partial charge in [-0.15, -0.1) is 0 Å². The fraction of sp³-hybridized carbons (Fsp3) is 0.400. The van der Waals surface area contributed by atoms with Crippen LogP contribution in [0.1, 0.15) is 0 Å². The van der Waals surface area contributed by atoms with Gasteiger partial charge >= 0.3 is 0 Å². The van der Waals surface area contributed by atoms with Gasteiger partial charge in [0.25, 0.3) is 0 Å². The predicted octanol–water partition coefficient (Wildman–Crippen LogP) is 1.80. The summed E-state index contributed by atoms with van der Waals surface area (Å²) in [7, 11) is 7.61. The second kappa shape index (κ2) is 4.03. The highest BCUT2D eigenvalue weighted by Gasteiger charge is 2.03. The van der Waals surface area contributed by atoms with Gasteiger partial charge in [0.1, 0.15) is 5.75 Å². The third-order valence-electron chi connectivity index (χ3n) is 1.96. The van der Waals surface area contributed by atoms with Gasteiger partial charge in [-0.25, -0.2) is 0 Å². The van der Waals surface area contributed by atoms with Crippen LogP contribution in [0.2, 0.25) is 0 Å². The van der Waals surface area contributed by atoms with Gasteiger partial charge in [0, 0.05) is 27.2 Å². The quantitative estimate of drug-likeness (QED) is 0.767. The summed E-state index contributed by atoms with van der Waals surface area (Å²) in [5.74, 6) is 0.878. The van der Waals surface area contributed by atoms with Gasteiger partial charge in [-0.1, -0.05) is 0 Å². The number of hydrogen-bond acceptors (Lipinski definition) is 3. The highest BCUT2D eigenvalue weighted by Crippen LogP contribution is 2.28. The number of nitrogens with one attached hydrogen (secondary N) is 1. The Labute approximate surface area is 79.3 Å². The molecule has 0 spiro atoms. The lowest BCUT2D eigenvalue weighted by Crippen LogP contribution is -2.11. The van der Waals surface area contributed by atoms with E-state index in [1.807, 2.05) is 44.2 Å². The van der Waals surface area contributed by atoms with E-state index in [1.54, 1.807) is 7.11 Å². The van der Waals surface area contributed by atoms with Crippen molar-refractivity contribution in [1.82, 2.24) is 0 Å². The van der Waals surface area contributed by atoms with Crippen molar-refractivity contribution in [2.45, 2.75) is 0 Å². The zero-order valence-electron chi connectivity index (χ0n) is 8.59. The molecule has 1 aromatic rings. The molecule has 0 heterocycles. The normalized spacial score (nSPS) is 9.54. The maximum Gasteiger partial charge on any atom is 0.121 e. The lowest BCUT2D eigenvalue weighted by molar-refractivity contribution is 0.415. The smallest absolute Gasteiger partial charge is 0.121 e. The third kappa shape index (κ3) is 2.05. The molecule has 0 atom stereocenters. The Balaban J connectivity index is 3.10. The van der Waals surface area contributed by atoms with Crippen molar-refractivity contribution < 1.29 is 4.74 Å². The maximum atomic E-state index is 5.15. The summed E-state index contributed by atoms with van der Waals surface area (Å²) in [6, 6.07) is 5.96. The molecule has 0 aliphatic heterocycles. The number of rotatable bonds is 3. The van der Waals surface area contributed by atoms with Gasteiger partial charge < -0.3 is 15.0 Å². The highest BCUT2D eigenvalue weighted by molar-refractivity contribution is 5.71. The summed E-state index contributed by atoms with van der Waals surface area (Å²) in [6.45, 7) is 0. The Bertz CT molecular complexity index is 284. The first-order chi connectivity index (χ1) is 6.19. The molecule has 1 rings (SSSR count). The summed E-state index contributed by atoms with van der Waals surface area (Å²) >= 11 is 0. The minimum absolute atomic E-state index is 0.878. The summed E-state index contributed by atoms with van der Waals surface area (Å²) < 4.78 is 5.15. The SMILES string of the molecule is CNc1ccc(OC)cc1N(C)C. The molecular formula is C10H16N2O. The number of hydrogen-bond donors (Lipinski definition) is 1. The molecule has 0 unspecified atom stereocenters. The standard InChI is InChI=1S/C10H16N2O/c1-11-9-6-5-8(13-4)7-10(9)12(2)3/h5-7,11H,1-4H3. The van der Waals surface area contributed by atoms with E-state index in [9.17, 15) is 0 Å². The fourth-order valence-electron chi connectivity index (χ4n) is 1.22. The maximum absolute atomic E-state index is 5.15. The van der Waals surface area contributed by atoms with E-state index in [2.05, 4.69) is 5.32 Å². The molecule has 0 aliphatic rings. The van der Waals surface area contributed by atoms with Gasteiger partial charge in [-0.2, -0.15) is 0 Å². The minimum atomic E-state index is 0.878. The van der Waals surface area contributed by atoms with Crippen LogP contribution in [0, 0.1) is 0 Å². The van der Waals surface area contributed by atoms with Crippen molar-refractivity contribution in [3.63, 3.8) is 0 Å².